The Morgan fingerprint density at radius 2 is 1.55 bits per heavy atom. The normalized spacial score (nSPS) is 19.5. The fourth-order valence-corrected chi connectivity index (χ4v) is 3.70. The fourth-order valence-electron chi connectivity index (χ4n) is 2.72. The molecule has 2 aliphatic rings. The van der Waals surface area contributed by atoms with E-state index in [9.17, 15) is 9.59 Å². The molecule has 0 spiro atoms. The first-order chi connectivity index (χ1) is 9.77. The van der Waals surface area contributed by atoms with E-state index < -0.39 is 0 Å². The molecule has 106 valence electrons. The summed E-state index contributed by atoms with van der Waals surface area (Å²) in [5.41, 5.74) is 1.10. The average Bonchev–Trinajstić information content (AvgIpc) is 2.74. The third-order valence-corrected chi connectivity index (χ3v) is 4.78. The Labute approximate surface area is 123 Å². The molecule has 3 rings (SSSR count). The molecule has 5 heteroatoms. The third kappa shape index (κ3) is 2.60. The minimum Gasteiger partial charge on any atom is -0.302 e. The number of benzene rings is 1. The van der Waals surface area contributed by atoms with Crippen LogP contribution in [0.2, 0.25) is 0 Å². The van der Waals surface area contributed by atoms with Crippen LogP contribution in [0.3, 0.4) is 0 Å². The first-order valence-corrected chi connectivity index (χ1v) is 8.18. The van der Waals surface area contributed by atoms with Gasteiger partial charge in [-0.05, 0) is 25.1 Å². The minimum atomic E-state index is -0.139. The lowest BCUT2D eigenvalue weighted by Crippen LogP contribution is -2.36. The Balaban J connectivity index is 1.56. The van der Waals surface area contributed by atoms with Gasteiger partial charge in [0.25, 0.3) is 11.8 Å². The standard InChI is InChI=1S/C15H18N2O2S/c18-14-12-4-1-2-5-13(12)15(19)17(14)7-3-6-16-8-10-20-11-9-16/h1-2,4-5H,3,6-11H2. The number of rotatable bonds is 4. The van der Waals surface area contributed by atoms with Gasteiger partial charge in [0.2, 0.25) is 0 Å². The summed E-state index contributed by atoms with van der Waals surface area (Å²) in [5.74, 6) is 2.10. The van der Waals surface area contributed by atoms with Crippen molar-refractivity contribution < 1.29 is 9.59 Å². The van der Waals surface area contributed by atoms with Gasteiger partial charge in [0.05, 0.1) is 11.1 Å². The van der Waals surface area contributed by atoms with E-state index in [-0.39, 0.29) is 11.8 Å². The summed E-state index contributed by atoms with van der Waals surface area (Å²) in [6.07, 6.45) is 0.857. The predicted molar refractivity (Wildman–Crippen MR) is 80.2 cm³/mol. The van der Waals surface area contributed by atoms with Gasteiger partial charge in [0, 0.05) is 31.1 Å². The highest BCUT2D eigenvalue weighted by Gasteiger charge is 2.34. The van der Waals surface area contributed by atoms with Crippen molar-refractivity contribution in [2.24, 2.45) is 0 Å². The number of carbonyl (C=O) groups is 2. The van der Waals surface area contributed by atoms with Crippen molar-refractivity contribution >= 4 is 23.6 Å². The van der Waals surface area contributed by atoms with E-state index in [2.05, 4.69) is 4.90 Å². The highest BCUT2D eigenvalue weighted by atomic mass is 32.2. The summed E-state index contributed by atoms with van der Waals surface area (Å²) >= 11 is 1.99. The van der Waals surface area contributed by atoms with Crippen LogP contribution in [-0.2, 0) is 0 Å². The van der Waals surface area contributed by atoms with E-state index in [0.717, 1.165) is 26.1 Å². The lowest BCUT2D eigenvalue weighted by atomic mass is 10.1. The van der Waals surface area contributed by atoms with Crippen molar-refractivity contribution in [3.05, 3.63) is 35.4 Å². The molecule has 1 saturated heterocycles. The van der Waals surface area contributed by atoms with Crippen LogP contribution in [0, 0.1) is 0 Å². The molecule has 1 fully saturated rings. The van der Waals surface area contributed by atoms with Crippen molar-refractivity contribution in [2.45, 2.75) is 6.42 Å². The van der Waals surface area contributed by atoms with Crippen LogP contribution in [0.25, 0.3) is 0 Å². The largest absolute Gasteiger partial charge is 0.302 e. The van der Waals surface area contributed by atoms with E-state index in [1.165, 1.54) is 16.4 Å². The molecule has 1 aromatic rings. The SMILES string of the molecule is O=C1c2ccccc2C(=O)N1CCCN1CCSCC1. The van der Waals surface area contributed by atoms with E-state index in [1.54, 1.807) is 24.3 Å². The molecule has 0 atom stereocenters. The van der Waals surface area contributed by atoms with Gasteiger partial charge < -0.3 is 4.90 Å². The fraction of sp³-hybridized carbons (Fsp3) is 0.467. The maximum Gasteiger partial charge on any atom is 0.261 e. The van der Waals surface area contributed by atoms with Crippen LogP contribution in [0.4, 0.5) is 0 Å². The van der Waals surface area contributed by atoms with Gasteiger partial charge in [-0.1, -0.05) is 12.1 Å². The number of hydrogen-bond donors (Lipinski definition) is 0. The molecule has 2 aliphatic heterocycles. The first-order valence-electron chi connectivity index (χ1n) is 7.03. The molecule has 20 heavy (non-hydrogen) atoms. The topological polar surface area (TPSA) is 40.6 Å². The van der Waals surface area contributed by atoms with E-state index in [4.69, 9.17) is 0 Å². The van der Waals surface area contributed by atoms with Gasteiger partial charge in [-0.25, -0.2) is 0 Å². The zero-order valence-electron chi connectivity index (χ0n) is 11.4. The van der Waals surface area contributed by atoms with Gasteiger partial charge in [-0.2, -0.15) is 11.8 Å². The lowest BCUT2D eigenvalue weighted by Gasteiger charge is -2.26. The predicted octanol–water partition coefficient (Wildman–Crippen LogP) is 1.72. The van der Waals surface area contributed by atoms with Crippen LogP contribution < -0.4 is 0 Å². The van der Waals surface area contributed by atoms with Gasteiger partial charge in [-0.15, -0.1) is 0 Å². The highest BCUT2D eigenvalue weighted by molar-refractivity contribution is 7.99. The maximum absolute atomic E-state index is 12.2. The molecular weight excluding hydrogens is 272 g/mol. The third-order valence-electron chi connectivity index (χ3n) is 3.84. The highest BCUT2D eigenvalue weighted by Crippen LogP contribution is 2.22. The first kappa shape index (κ1) is 13.6. The van der Waals surface area contributed by atoms with Crippen LogP contribution >= 0.6 is 11.8 Å². The van der Waals surface area contributed by atoms with Crippen molar-refractivity contribution in [1.82, 2.24) is 9.80 Å². The van der Waals surface area contributed by atoms with Crippen LogP contribution in [0.15, 0.2) is 24.3 Å². The number of hydrogen-bond acceptors (Lipinski definition) is 4. The number of fused-ring (bicyclic) bond motifs is 1. The van der Waals surface area contributed by atoms with Crippen molar-refractivity contribution in [3.63, 3.8) is 0 Å². The van der Waals surface area contributed by atoms with Crippen molar-refractivity contribution in [1.29, 1.82) is 0 Å². The zero-order valence-corrected chi connectivity index (χ0v) is 12.2. The molecule has 4 nitrogen and oxygen atoms in total. The summed E-state index contributed by atoms with van der Waals surface area (Å²) in [5, 5.41) is 0. The Morgan fingerprint density at radius 1 is 0.950 bits per heavy atom. The van der Waals surface area contributed by atoms with E-state index >= 15 is 0 Å². The summed E-state index contributed by atoms with van der Waals surface area (Å²) < 4.78 is 0. The molecule has 2 amide bonds. The summed E-state index contributed by atoms with van der Waals surface area (Å²) in [6, 6.07) is 7.08. The Kier molecular flexibility index (Phi) is 4.08. The van der Waals surface area contributed by atoms with Crippen LogP contribution in [0.1, 0.15) is 27.1 Å². The quantitative estimate of drug-likeness (QED) is 0.792. The molecule has 0 radical (unpaired) electrons. The zero-order chi connectivity index (χ0) is 13.9. The molecule has 0 aliphatic carbocycles. The van der Waals surface area contributed by atoms with Gasteiger partial charge in [-0.3, -0.25) is 14.5 Å². The lowest BCUT2D eigenvalue weighted by molar-refractivity contribution is 0.0648. The molecule has 0 bridgehead atoms. The Bertz CT molecular complexity index is 491. The van der Waals surface area contributed by atoms with Crippen molar-refractivity contribution in [3.8, 4) is 0 Å². The molecule has 0 aromatic heterocycles. The molecule has 2 heterocycles. The van der Waals surface area contributed by atoms with E-state index in [0.29, 0.717) is 17.7 Å². The van der Waals surface area contributed by atoms with Gasteiger partial charge >= 0.3 is 0 Å². The molecule has 0 saturated carbocycles. The summed E-state index contributed by atoms with van der Waals surface area (Å²) in [7, 11) is 0. The summed E-state index contributed by atoms with van der Waals surface area (Å²) in [4.78, 5) is 28.2. The molecule has 0 N–H and O–H groups in total. The van der Waals surface area contributed by atoms with Crippen molar-refractivity contribution in [2.75, 3.05) is 37.7 Å². The minimum absolute atomic E-state index is 0.139. The molecule has 0 unspecified atom stereocenters. The second-order valence-corrected chi connectivity index (χ2v) is 6.34. The number of thioether (sulfide) groups is 1. The number of carbonyl (C=O) groups excluding carboxylic acids is 2. The van der Waals surface area contributed by atoms with Crippen LogP contribution in [0.5, 0.6) is 0 Å². The number of amides is 2. The van der Waals surface area contributed by atoms with Gasteiger partial charge in [0.15, 0.2) is 0 Å². The Morgan fingerprint density at radius 3 is 2.15 bits per heavy atom. The van der Waals surface area contributed by atoms with Crippen LogP contribution in [-0.4, -0.2) is 59.3 Å². The molecular formula is C15H18N2O2S. The second kappa shape index (κ2) is 5.97. The maximum atomic E-state index is 12.2. The van der Waals surface area contributed by atoms with E-state index in [1.807, 2.05) is 11.8 Å². The second-order valence-electron chi connectivity index (χ2n) is 5.12. The molecule has 1 aromatic carbocycles. The summed E-state index contributed by atoms with van der Waals surface area (Å²) in [6.45, 7) is 3.73. The Hall–Kier alpha value is -1.33. The smallest absolute Gasteiger partial charge is 0.261 e. The average molecular weight is 290 g/mol. The number of nitrogens with zero attached hydrogens (tertiary/aromatic N) is 2. The monoisotopic (exact) mass is 290 g/mol. The van der Waals surface area contributed by atoms with Gasteiger partial charge in [0.1, 0.15) is 0 Å². The number of imide groups is 1.